The highest BCUT2D eigenvalue weighted by Gasteiger charge is 2.06. The molecular formula is C16H18S3. The van der Waals surface area contributed by atoms with Crippen molar-refractivity contribution < 1.29 is 0 Å². The summed E-state index contributed by atoms with van der Waals surface area (Å²) in [5, 5.41) is 2.13. The van der Waals surface area contributed by atoms with Crippen molar-refractivity contribution in [1.82, 2.24) is 0 Å². The Bertz CT molecular complexity index is 600. The fraction of sp³-hybridized carbons (Fsp3) is 0.250. The first-order valence-corrected chi connectivity index (χ1v) is 8.96. The fourth-order valence-corrected chi connectivity index (χ4v) is 4.39. The Morgan fingerprint density at radius 1 is 0.789 bits per heavy atom. The maximum absolute atomic E-state index is 2.23. The molecule has 0 aromatic carbocycles. The second-order valence-electron chi connectivity index (χ2n) is 4.26. The van der Waals surface area contributed by atoms with E-state index in [0.29, 0.717) is 0 Å². The zero-order valence-corrected chi connectivity index (χ0v) is 13.9. The van der Waals surface area contributed by atoms with Crippen molar-refractivity contribution in [2.45, 2.75) is 27.2 Å². The van der Waals surface area contributed by atoms with Crippen LogP contribution in [-0.4, -0.2) is 0 Å². The van der Waals surface area contributed by atoms with Crippen molar-refractivity contribution in [1.29, 1.82) is 0 Å². The van der Waals surface area contributed by atoms with E-state index in [4.69, 9.17) is 0 Å². The molecule has 0 aliphatic heterocycles. The van der Waals surface area contributed by atoms with Crippen molar-refractivity contribution >= 4 is 34.0 Å². The average molecular weight is 307 g/mol. The largest absolute Gasteiger partial charge is 0.143 e. The van der Waals surface area contributed by atoms with E-state index < -0.39 is 0 Å². The standard InChI is InChI=1S/C13H10S3.C3H8/c1-9-4-5-12(15-9)13-7-6-11(16-13)10-3-2-8-14-10;1-3-2/h2-8H,1H3;3H2,1-2H3. The van der Waals surface area contributed by atoms with E-state index in [2.05, 4.69) is 62.5 Å². The average Bonchev–Trinajstić information content (AvgIpc) is 3.10. The number of thiophene rings is 3. The predicted molar refractivity (Wildman–Crippen MR) is 91.6 cm³/mol. The summed E-state index contributed by atoms with van der Waals surface area (Å²) in [4.78, 5) is 6.87. The third-order valence-electron chi connectivity index (χ3n) is 2.35. The maximum Gasteiger partial charge on any atom is 0.0449 e. The van der Waals surface area contributed by atoms with Gasteiger partial charge in [0.15, 0.2) is 0 Å². The third kappa shape index (κ3) is 3.78. The second kappa shape index (κ2) is 7.04. The highest BCUT2D eigenvalue weighted by atomic mass is 32.1. The number of rotatable bonds is 2. The van der Waals surface area contributed by atoms with Gasteiger partial charge < -0.3 is 0 Å². The Hall–Kier alpha value is -0.900. The van der Waals surface area contributed by atoms with Gasteiger partial charge in [-0.3, -0.25) is 0 Å². The molecule has 19 heavy (non-hydrogen) atoms. The molecule has 0 saturated carbocycles. The smallest absolute Gasteiger partial charge is 0.0449 e. The Morgan fingerprint density at radius 2 is 1.37 bits per heavy atom. The Labute approximate surface area is 127 Å². The van der Waals surface area contributed by atoms with Crippen molar-refractivity contribution in [3.8, 4) is 19.5 Å². The van der Waals surface area contributed by atoms with Gasteiger partial charge in [0.1, 0.15) is 0 Å². The normalized spacial score (nSPS) is 10.1. The molecule has 3 aromatic rings. The molecule has 0 atom stereocenters. The topological polar surface area (TPSA) is 0 Å². The number of aryl methyl sites for hydroxylation is 1. The van der Waals surface area contributed by atoms with E-state index in [1.807, 2.05) is 22.7 Å². The van der Waals surface area contributed by atoms with Gasteiger partial charge in [-0.25, -0.2) is 0 Å². The van der Waals surface area contributed by atoms with Gasteiger partial charge in [-0.15, -0.1) is 34.0 Å². The molecule has 0 amide bonds. The molecule has 3 heterocycles. The van der Waals surface area contributed by atoms with Crippen LogP contribution in [-0.2, 0) is 0 Å². The molecular weight excluding hydrogens is 288 g/mol. The summed E-state index contributed by atoms with van der Waals surface area (Å²) in [7, 11) is 0. The molecule has 3 heteroatoms. The van der Waals surface area contributed by atoms with Gasteiger partial charge in [0.25, 0.3) is 0 Å². The monoisotopic (exact) mass is 306 g/mol. The van der Waals surface area contributed by atoms with Crippen LogP contribution in [0.5, 0.6) is 0 Å². The van der Waals surface area contributed by atoms with E-state index >= 15 is 0 Å². The van der Waals surface area contributed by atoms with Crippen molar-refractivity contribution in [2.24, 2.45) is 0 Å². The van der Waals surface area contributed by atoms with Gasteiger partial charge in [0, 0.05) is 24.4 Å². The van der Waals surface area contributed by atoms with Crippen LogP contribution in [0, 0.1) is 6.92 Å². The van der Waals surface area contributed by atoms with Crippen LogP contribution in [0.3, 0.4) is 0 Å². The summed E-state index contributed by atoms with van der Waals surface area (Å²) >= 11 is 5.55. The Balaban J connectivity index is 0.000000408. The fourth-order valence-electron chi connectivity index (χ4n) is 1.59. The molecule has 0 N–H and O–H groups in total. The minimum absolute atomic E-state index is 1.25. The first-order valence-electron chi connectivity index (χ1n) is 6.45. The molecule has 0 saturated heterocycles. The van der Waals surface area contributed by atoms with Gasteiger partial charge in [0.2, 0.25) is 0 Å². The second-order valence-corrected chi connectivity index (χ2v) is 7.58. The molecule has 0 bridgehead atoms. The Kier molecular flexibility index (Phi) is 5.37. The number of hydrogen-bond donors (Lipinski definition) is 0. The first-order chi connectivity index (χ1) is 9.24. The van der Waals surface area contributed by atoms with E-state index in [0.717, 1.165) is 0 Å². The molecule has 3 rings (SSSR count). The quantitative estimate of drug-likeness (QED) is 0.481. The van der Waals surface area contributed by atoms with Gasteiger partial charge in [-0.2, -0.15) is 0 Å². The molecule has 0 unspecified atom stereocenters. The number of hydrogen-bond acceptors (Lipinski definition) is 3. The molecule has 0 nitrogen and oxygen atoms in total. The third-order valence-corrected chi connectivity index (χ3v) is 5.70. The summed E-state index contributed by atoms with van der Waals surface area (Å²) in [5.41, 5.74) is 0. The van der Waals surface area contributed by atoms with E-state index in [9.17, 15) is 0 Å². The highest BCUT2D eigenvalue weighted by Crippen LogP contribution is 2.38. The van der Waals surface area contributed by atoms with Crippen LogP contribution in [0.1, 0.15) is 25.1 Å². The summed E-state index contributed by atoms with van der Waals surface area (Å²) < 4.78 is 0. The first kappa shape index (κ1) is 14.5. The van der Waals surface area contributed by atoms with E-state index in [-0.39, 0.29) is 0 Å². The van der Waals surface area contributed by atoms with Crippen LogP contribution in [0.2, 0.25) is 0 Å². The molecule has 100 valence electrons. The molecule has 0 radical (unpaired) electrons. The van der Waals surface area contributed by atoms with Crippen LogP contribution in [0.4, 0.5) is 0 Å². The lowest BCUT2D eigenvalue weighted by Gasteiger charge is -1.90. The maximum atomic E-state index is 2.23. The summed E-state index contributed by atoms with van der Waals surface area (Å²) in [6, 6.07) is 13.1. The lowest BCUT2D eigenvalue weighted by Crippen LogP contribution is -1.57. The minimum Gasteiger partial charge on any atom is -0.143 e. The van der Waals surface area contributed by atoms with E-state index in [1.54, 1.807) is 11.3 Å². The highest BCUT2D eigenvalue weighted by molar-refractivity contribution is 7.26. The van der Waals surface area contributed by atoms with Crippen LogP contribution < -0.4 is 0 Å². The summed E-state index contributed by atoms with van der Waals surface area (Å²) in [5.74, 6) is 0. The zero-order chi connectivity index (χ0) is 13.7. The molecule has 3 aromatic heterocycles. The predicted octanol–water partition coefficient (Wildman–Crippen LogP) is 6.93. The SMILES string of the molecule is CCC.Cc1ccc(-c2ccc(-c3cccs3)s2)s1. The van der Waals surface area contributed by atoms with Gasteiger partial charge in [0.05, 0.1) is 0 Å². The summed E-state index contributed by atoms with van der Waals surface area (Å²) in [6.45, 7) is 6.40. The van der Waals surface area contributed by atoms with Gasteiger partial charge in [-0.1, -0.05) is 26.3 Å². The molecule has 0 aliphatic rings. The van der Waals surface area contributed by atoms with E-state index in [1.165, 1.54) is 30.8 Å². The van der Waals surface area contributed by atoms with Gasteiger partial charge in [-0.05, 0) is 42.6 Å². The van der Waals surface area contributed by atoms with Crippen molar-refractivity contribution in [3.05, 3.63) is 46.7 Å². The summed E-state index contributed by atoms with van der Waals surface area (Å²) in [6.07, 6.45) is 1.25. The van der Waals surface area contributed by atoms with Crippen LogP contribution in [0.25, 0.3) is 19.5 Å². The lowest BCUT2D eigenvalue weighted by atomic mass is 10.3. The lowest BCUT2D eigenvalue weighted by molar-refractivity contribution is 1.09. The molecule has 0 spiro atoms. The van der Waals surface area contributed by atoms with Crippen molar-refractivity contribution in [2.75, 3.05) is 0 Å². The minimum atomic E-state index is 1.25. The van der Waals surface area contributed by atoms with Crippen molar-refractivity contribution in [3.63, 3.8) is 0 Å². The Morgan fingerprint density at radius 3 is 1.89 bits per heavy atom. The molecule has 0 aliphatic carbocycles. The zero-order valence-electron chi connectivity index (χ0n) is 11.5. The van der Waals surface area contributed by atoms with Gasteiger partial charge >= 0.3 is 0 Å². The van der Waals surface area contributed by atoms with Crippen LogP contribution >= 0.6 is 34.0 Å². The van der Waals surface area contributed by atoms with Crippen LogP contribution in [0.15, 0.2) is 41.8 Å². The molecule has 0 fully saturated rings.